The van der Waals surface area contributed by atoms with Gasteiger partial charge in [0.1, 0.15) is 53.4 Å². The van der Waals surface area contributed by atoms with Gasteiger partial charge in [0.2, 0.25) is 0 Å². The number of hydrogen-bond acceptors (Lipinski definition) is 11. The number of ether oxygens (including phenoxy) is 1. The molecule has 1 amide bonds. The van der Waals surface area contributed by atoms with Gasteiger partial charge in [0.15, 0.2) is 11.5 Å². The van der Waals surface area contributed by atoms with Crippen LogP contribution in [-0.4, -0.2) is 91.9 Å². The number of likely N-dealkylation sites (tertiary alicyclic amines) is 1. The molecule has 19 heteroatoms. The number of alkyl halides is 4. The minimum absolute atomic E-state index is 0.0606. The van der Waals surface area contributed by atoms with Crippen LogP contribution in [0.25, 0.3) is 32.1 Å². The Labute approximate surface area is 332 Å². The molecule has 0 spiro atoms. The van der Waals surface area contributed by atoms with E-state index in [1.807, 2.05) is 17.0 Å². The average Bonchev–Trinajstić information content (AvgIpc) is 3.99. The molecule has 12 nitrogen and oxygen atoms in total. The van der Waals surface area contributed by atoms with E-state index in [0.29, 0.717) is 36.4 Å². The third kappa shape index (κ3) is 6.13. The molecule has 0 radical (unpaired) electrons. The standard InChI is InChI=1S/C39H36F6N10O2S/c1-4-53(28-8-11-54(20(28)3)37(56)55-18-49-27(15-47)19(55)2)35-23-12-25(39(43,44)45)30(22-6-7-26(41)33-29(22)24(14-46)34(48)58-33)31(42)32(23)50-36(51-35)57-17-38-9-5-10-52(38)16-21(40)13-38/h6-7,12,18,20-21,28H,4-5,8-11,13,16-17,48H2,1-3H3/t20-,21-,28-,38+/m1/s1. The van der Waals surface area contributed by atoms with Gasteiger partial charge in [-0.15, -0.1) is 11.3 Å². The van der Waals surface area contributed by atoms with Crippen LogP contribution in [0.1, 0.15) is 62.0 Å². The molecule has 4 atom stereocenters. The highest BCUT2D eigenvalue weighted by atomic mass is 32.1. The van der Waals surface area contributed by atoms with Crippen LogP contribution in [0.2, 0.25) is 0 Å². The largest absolute Gasteiger partial charge is 0.461 e. The minimum atomic E-state index is -5.17. The van der Waals surface area contributed by atoms with Gasteiger partial charge in [-0.05, 0) is 64.3 Å². The van der Waals surface area contributed by atoms with Crippen molar-refractivity contribution in [1.82, 2.24) is 29.3 Å². The summed E-state index contributed by atoms with van der Waals surface area (Å²) in [5.41, 5.74) is 2.14. The van der Waals surface area contributed by atoms with E-state index >= 15 is 22.0 Å². The Morgan fingerprint density at radius 3 is 2.66 bits per heavy atom. The topological polar surface area (TPSA) is 153 Å². The quantitative estimate of drug-likeness (QED) is 0.163. The van der Waals surface area contributed by atoms with E-state index in [0.717, 1.165) is 24.6 Å². The van der Waals surface area contributed by atoms with E-state index in [1.165, 1.54) is 10.9 Å². The van der Waals surface area contributed by atoms with Gasteiger partial charge in [0, 0.05) is 42.4 Å². The lowest BCUT2D eigenvalue weighted by Crippen LogP contribution is -2.47. The Hall–Kier alpha value is -5.66. The highest BCUT2D eigenvalue weighted by molar-refractivity contribution is 7.23. The maximum absolute atomic E-state index is 17.4. The van der Waals surface area contributed by atoms with Crippen LogP contribution in [0.4, 0.5) is 42.0 Å². The number of likely N-dealkylation sites (N-methyl/N-ethyl adjacent to an activating group) is 1. The summed E-state index contributed by atoms with van der Waals surface area (Å²) in [5, 5.41) is 18.6. The first-order valence-electron chi connectivity index (χ1n) is 18.7. The number of imidazole rings is 1. The number of aromatic nitrogens is 4. The molecule has 3 saturated heterocycles. The summed E-state index contributed by atoms with van der Waals surface area (Å²) < 4.78 is 100. The molecule has 0 unspecified atom stereocenters. The summed E-state index contributed by atoms with van der Waals surface area (Å²) in [4.78, 5) is 32.0. The van der Waals surface area contributed by atoms with Gasteiger partial charge >= 0.3 is 18.2 Å². The Morgan fingerprint density at radius 2 is 1.97 bits per heavy atom. The number of nitrogens with two attached hydrogens (primary N) is 1. The fraction of sp³-hybridized carbons (Fsp3) is 0.436. The van der Waals surface area contributed by atoms with Gasteiger partial charge in [-0.25, -0.2) is 22.9 Å². The van der Waals surface area contributed by atoms with E-state index in [1.54, 1.807) is 30.6 Å². The van der Waals surface area contributed by atoms with Crippen molar-refractivity contribution in [1.29, 1.82) is 10.5 Å². The Morgan fingerprint density at radius 1 is 1.19 bits per heavy atom. The van der Waals surface area contributed by atoms with Gasteiger partial charge in [0.25, 0.3) is 0 Å². The first kappa shape index (κ1) is 39.2. The van der Waals surface area contributed by atoms with Crippen LogP contribution in [0.3, 0.4) is 0 Å². The Balaban J connectivity index is 1.31. The zero-order chi connectivity index (χ0) is 41.4. The van der Waals surface area contributed by atoms with Crippen molar-refractivity contribution >= 4 is 49.2 Å². The maximum atomic E-state index is 17.4. The third-order valence-electron chi connectivity index (χ3n) is 11.9. The van der Waals surface area contributed by atoms with E-state index in [9.17, 15) is 19.7 Å². The van der Waals surface area contributed by atoms with E-state index < -0.39 is 69.8 Å². The maximum Gasteiger partial charge on any atom is 0.417 e. The highest BCUT2D eigenvalue weighted by Gasteiger charge is 2.50. The van der Waals surface area contributed by atoms with Crippen molar-refractivity contribution in [2.24, 2.45) is 0 Å². The molecule has 2 aromatic carbocycles. The van der Waals surface area contributed by atoms with Crippen LogP contribution in [0.15, 0.2) is 24.5 Å². The SMILES string of the molecule is CCN(c1nc(OC[C@@]23CCCN2C[C@H](F)C3)nc2c(F)c(-c3ccc(F)c4sc(N)c(C#N)c34)c(C(F)(F)F)cc12)[C@@H]1CCN(C(=O)n2cnc(C#N)c2C)[C@@H]1C. The molecular formula is C39H36F6N10O2S. The van der Waals surface area contributed by atoms with Crippen molar-refractivity contribution in [3.8, 4) is 29.3 Å². The number of nitrogens with zero attached hydrogens (tertiary/aromatic N) is 9. The molecule has 302 valence electrons. The second-order valence-corrected chi connectivity index (χ2v) is 16.0. The number of rotatable bonds is 7. The van der Waals surface area contributed by atoms with E-state index in [2.05, 4.69) is 15.0 Å². The molecule has 3 fully saturated rings. The average molecular weight is 823 g/mol. The first-order valence-corrected chi connectivity index (χ1v) is 19.5. The van der Waals surface area contributed by atoms with Crippen LogP contribution in [0, 0.1) is 41.2 Å². The van der Waals surface area contributed by atoms with Gasteiger partial charge < -0.3 is 20.3 Å². The van der Waals surface area contributed by atoms with E-state index in [-0.39, 0.29) is 76.2 Å². The molecule has 0 bridgehead atoms. The van der Waals surface area contributed by atoms with Crippen LogP contribution < -0.4 is 15.4 Å². The number of amides is 1. The van der Waals surface area contributed by atoms with Crippen LogP contribution in [0.5, 0.6) is 6.01 Å². The van der Waals surface area contributed by atoms with Gasteiger partial charge in [-0.3, -0.25) is 9.47 Å². The van der Waals surface area contributed by atoms with Crippen molar-refractivity contribution in [3.63, 3.8) is 0 Å². The lowest BCUT2D eigenvalue weighted by Gasteiger charge is -2.35. The second kappa shape index (κ2) is 14.3. The summed E-state index contributed by atoms with van der Waals surface area (Å²) in [6.07, 6.45) is -3.03. The number of carbonyl (C=O) groups excluding carboxylic acids is 1. The van der Waals surface area contributed by atoms with Gasteiger partial charge in [-0.1, -0.05) is 6.07 Å². The molecule has 3 aliphatic heterocycles. The number of fused-ring (bicyclic) bond motifs is 3. The molecule has 2 N–H and O–H groups in total. The molecule has 3 aliphatic rings. The van der Waals surface area contributed by atoms with Crippen molar-refractivity contribution in [2.75, 3.05) is 43.4 Å². The minimum Gasteiger partial charge on any atom is -0.461 e. The Bertz CT molecular complexity index is 2580. The molecule has 58 heavy (non-hydrogen) atoms. The normalized spacial score (nSPS) is 22.1. The number of hydrogen-bond donors (Lipinski definition) is 1. The number of anilines is 2. The summed E-state index contributed by atoms with van der Waals surface area (Å²) >= 11 is 0.664. The number of carbonyl (C=O) groups is 1. The number of benzene rings is 2. The summed E-state index contributed by atoms with van der Waals surface area (Å²) in [5.74, 6) is -2.35. The van der Waals surface area contributed by atoms with Gasteiger partial charge in [0.05, 0.1) is 39.1 Å². The molecule has 5 aromatic rings. The Kier molecular flexibility index (Phi) is 9.67. The predicted octanol–water partition coefficient (Wildman–Crippen LogP) is 7.55. The summed E-state index contributed by atoms with van der Waals surface area (Å²) in [6, 6.07) is 4.47. The molecule has 8 rings (SSSR count). The number of nitriles is 2. The number of nitrogen functional groups attached to an aromatic ring is 1. The lowest BCUT2D eigenvalue weighted by molar-refractivity contribution is -0.137. The van der Waals surface area contributed by atoms with Crippen LogP contribution in [-0.2, 0) is 6.18 Å². The van der Waals surface area contributed by atoms with Gasteiger partial charge in [-0.2, -0.15) is 33.7 Å². The third-order valence-corrected chi connectivity index (χ3v) is 12.9. The predicted molar refractivity (Wildman–Crippen MR) is 203 cm³/mol. The van der Waals surface area contributed by atoms with Crippen molar-refractivity contribution in [3.05, 3.63) is 58.7 Å². The molecule has 6 heterocycles. The van der Waals surface area contributed by atoms with Crippen molar-refractivity contribution < 1.29 is 35.9 Å². The monoisotopic (exact) mass is 822 g/mol. The number of thiophene rings is 1. The molecule has 0 saturated carbocycles. The molecule has 0 aliphatic carbocycles. The number of halogens is 6. The summed E-state index contributed by atoms with van der Waals surface area (Å²) in [6.45, 7) is 6.31. The second-order valence-electron chi connectivity index (χ2n) is 15.0. The van der Waals surface area contributed by atoms with Crippen molar-refractivity contribution in [2.45, 2.75) is 76.4 Å². The van der Waals surface area contributed by atoms with Crippen LogP contribution >= 0.6 is 11.3 Å². The van der Waals surface area contributed by atoms with E-state index in [4.69, 9.17) is 10.5 Å². The zero-order valence-electron chi connectivity index (χ0n) is 31.5. The molecular weight excluding hydrogens is 787 g/mol. The highest BCUT2D eigenvalue weighted by Crippen LogP contribution is 2.49. The fourth-order valence-corrected chi connectivity index (χ4v) is 10.1. The molecule has 3 aromatic heterocycles. The smallest absolute Gasteiger partial charge is 0.417 e. The zero-order valence-corrected chi connectivity index (χ0v) is 32.3. The fourth-order valence-electron chi connectivity index (χ4n) is 9.12. The lowest BCUT2D eigenvalue weighted by atomic mass is 9.92. The summed E-state index contributed by atoms with van der Waals surface area (Å²) in [7, 11) is 0. The first-order chi connectivity index (χ1) is 27.6.